The Morgan fingerprint density at radius 1 is 1.03 bits per heavy atom. The van der Waals surface area contributed by atoms with Gasteiger partial charge in [0.1, 0.15) is 23.0 Å². The molecular formula is C21H16F3N3O3. The first kappa shape index (κ1) is 18.7. The highest BCUT2D eigenvalue weighted by Gasteiger charge is 2.53. The first-order chi connectivity index (χ1) is 14.3. The second-order valence-electron chi connectivity index (χ2n) is 7.77. The summed E-state index contributed by atoms with van der Waals surface area (Å²) in [4.78, 5) is 26.0. The Balaban J connectivity index is 1.76. The number of fused-ring (bicyclic) bond motifs is 2. The van der Waals surface area contributed by atoms with E-state index in [-0.39, 0.29) is 40.2 Å². The van der Waals surface area contributed by atoms with Gasteiger partial charge in [-0.05, 0) is 36.1 Å². The fourth-order valence-corrected chi connectivity index (χ4v) is 4.37. The molecule has 2 aliphatic rings. The quantitative estimate of drug-likeness (QED) is 0.686. The van der Waals surface area contributed by atoms with Crippen molar-refractivity contribution in [2.24, 2.45) is 17.6 Å². The maximum absolute atomic E-state index is 14.9. The summed E-state index contributed by atoms with van der Waals surface area (Å²) in [6, 6.07) is 5.28. The van der Waals surface area contributed by atoms with Crippen molar-refractivity contribution in [2.75, 3.05) is 18.0 Å². The van der Waals surface area contributed by atoms with Crippen molar-refractivity contribution < 1.29 is 23.1 Å². The molecule has 6 nitrogen and oxygen atoms in total. The van der Waals surface area contributed by atoms with Gasteiger partial charge < -0.3 is 20.3 Å². The molecule has 154 valence electrons. The van der Waals surface area contributed by atoms with Gasteiger partial charge >= 0.3 is 5.97 Å². The largest absolute Gasteiger partial charge is 0.477 e. The van der Waals surface area contributed by atoms with Crippen LogP contribution < -0.4 is 16.1 Å². The molecule has 0 unspecified atom stereocenters. The van der Waals surface area contributed by atoms with Crippen LogP contribution in [0.25, 0.3) is 16.6 Å². The molecule has 1 aliphatic heterocycles. The van der Waals surface area contributed by atoms with Gasteiger partial charge in [0, 0.05) is 36.8 Å². The highest BCUT2D eigenvalue weighted by molar-refractivity contribution is 5.94. The average Bonchev–Trinajstić information content (AvgIpc) is 3.10. The summed E-state index contributed by atoms with van der Waals surface area (Å²) in [5.41, 5.74) is 4.60. The van der Waals surface area contributed by atoms with Gasteiger partial charge in [0.2, 0.25) is 5.43 Å². The molecule has 2 heterocycles. The van der Waals surface area contributed by atoms with Crippen LogP contribution in [0.1, 0.15) is 10.4 Å². The Labute approximate surface area is 167 Å². The maximum atomic E-state index is 14.9. The first-order valence-corrected chi connectivity index (χ1v) is 9.34. The lowest BCUT2D eigenvalue weighted by Crippen LogP contribution is -2.29. The number of carboxylic acids is 1. The molecule has 1 aliphatic carbocycles. The lowest BCUT2D eigenvalue weighted by Gasteiger charge is -2.23. The van der Waals surface area contributed by atoms with Gasteiger partial charge in [-0.3, -0.25) is 4.79 Å². The number of pyridine rings is 1. The van der Waals surface area contributed by atoms with Crippen LogP contribution in [-0.4, -0.2) is 34.8 Å². The summed E-state index contributed by atoms with van der Waals surface area (Å²) in [6.45, 7) is 1.13. The molecule has 0 bridgehead atoms. The van der Waals surface area contributed by atoms with Gasteiger partial charge in [0.25, 0.3) is 0 Å². The molecule has 1 saturated heterocycles. The summed E-state index contributed by atoms with van der Waals surface area (Å²) in [6.07, 6.45) is 0.975. The van der Waals surface area contributed by atoms with Crippen LogP contribution in [0.2, 0.25) is 0 Å². The first-order valence-electron chi connectivity index (χ1n) is 9.34. The standard InChI is InChI=1S/C21H16F3N3O3/c22-9-1-2-16(14(23)3-9)27-8-13(21(29)30)20(28)10-4-15(24)18(5-17(10)27)26-6-11-12(7-26)19(11)25/h1-5,8,11-12,19H,6-7,25H2,(H,29,30)/t11-,12+,19+. The highest BCUT2D eigenvalue weighted by atomic mass is 19.1. The third-order valence-corrected chi connectivity index (χ3v) is 6.07. The van der Waals surface area contributed by atoms with Crippen LogP contribution in [0, 0.1) is 29.3 Å². The van der Waals surface area contributed by atoms with Gasteiger partial charge in [-0.25, -0.2) is 18.0 Å². The highest BCUT2D eigenvalue weighted by Crippen LogP contribution is 2.46. The van der Waals surface area contributed by atoms with E-state index < -0.39 is 34.4 Å². The van der Waals surface area contributed by atoms with Crippen LogP contribution in [0.5, 0.6) is 0 Å². The molecule has 1 aromatic heterocycles. The number of rotatable bonds is 3. The molecule has 3 N–H and O–H groups in total. The number of nitrogens with zero attached hydrogens (tertiary/aromatic N) is 2. The van der Waals surface area contributed by atoms with E-state index in [9.17, 15) is 27.9 Å². The summed E-state index contributed by atoms with van der Waals surface area (Å²) in [5.74, 6) is -3.40. The zero-order valence-corrected chi connectivity index (χ0v) is 15.5. The average molecular weight is 415 g/mol. The molecular weight excluding hydrogens is 399 g/mol. The van der Waals surface area contributed by atoms with Crippen molar-refractivity contribution in [2.45, 2.75) is 6.04 Å². The number of benzene rings is 2. The number of halogens is 3. The van der Waals surface area contributed by atoms with Crippen LogP contribution >= 0.6 is 0 Å². The van der Waals surface area contributed by atoms with Crippen LogP contribution in [0.15, 0.2) is 41.3 Å². The fourth-order valence-electron chi connectivity index (χ4n) is 4.37. The molecule has 9 heteroatoms. The maximum Gasteiger partial charge on any atom is 0.341 e. The SMILES string of the molecule is N[C@@H]1[C@H]2CN(c3cc4c(cc3F)c(=O)c(C(=O)O)cn4-c3ccc(F)cc3F)C[C@@H]12. The van der Waals surface area contributed by atoms with Crippen molar-refractivity contribution in [1.82, 2.24) is 4.57 Å². The number of carboxylic acid groups (broad SMARTS) is 1. The molecule has 3 aromatic rings. The van der Waals surface area contributed by atoms with Crippen LogP contribution in [0.3, 0.4) is 0 Å². The van der Waals surface area contributed by atoms with E-state index in [0.29, 0.717) is 19.2 Å². The van der Waals surface area contributed by atoms with E-state index in [0.717, 1.165) is 29.0 Å². The second kappa shape index (κ2) is 6.33. The van der Waals surface area contributed by atoms with E-state index in [1.54, 1.807) is 0 Å². The number of hydrogen-bond donors (Lipinski definition) is 2. The zero-order chi connectivity index (χ0) is 21.3. The second-order valence-corrected chi connectivity index (χ2v) is 7.77. The third-order valence-electron chi connectivity index (χ3n) is 6.07. The number of aromatic carboxylic acids is 1. The third kappa shape index (κ3) is 2.69. The summed E-state index contributed by atoms with van der Waals surface area (Å²) in [7, 11) is 0. The normalized spacial score (nSPS) is 22.4. The minimum atomic E-state index is -1.53. The Bertz CT molecular complexity index is 1280. The fraction of sp³-hybridized carbons (Fsp3) is 0.238. The van der Waals surface area contributed by atoms with E-state index in [2.05, 4.69) is 0 Å². The number of nitrogens with two attached hydrogens (primary N) is 1. The number of piperidine rings is 1. The van der Waals surface area contributed by atoms with Crippen LogP contribution in [-0.2, 0) is 0 Å². The Morgan fingerprint density at radius 3 is 2.33 bits per heavy atom. The topological polar surface area (TPSA) is 88.6 Å². The van der Waals surface area contributed by atoms with Gasteiger partial charge in [-0.2, -0.15) is 0 Å². The zero-order valence-electron chi connectivity index (χ0n) is 15.5. The van der Waals surface area contributed by atoms with E-state index in [4.69, 9.17) is 5.73 Å². The Morgan fingerprint density at radius 2 is 1.70 bits per heavy atom. The smallest absolute Gasteiger partial charge is 0.341 e. The van der Waals surface area contributed by atoms with Gasteiger partial charge in [0.15, 0.2) is 0 Å². The molecule has 0 spiro atoms. The minimum absolute atomic E-state index is 0.106. The molecule has 2 fully saturated rings. The van der Waals surface area contributed by atoms with E-state index in [1.165, 1.54) is 6.07 Å². The monoisotopic (exact) mass is 415 g/mol. The van der Waals surface area contributed by atoms with Crippen molar-refractivity contribution in [1.29, 1.82) is 0 Å². The molecule has 30 heavy (non-hydrogen) atoms. The summed E-state index contributed by atoms with van der Waals surface area (Å²) < 4.78 is 43.9. The van der Waals surface area contributed by atoms with Crippen LogP contribution in [0.4, 0.5) is 18.9 Å². The van der Waals surface area contributed by atoms with Crippen molar-refractivity contribution in [3.8, 4) is 5.69 Å². The van der Waals surface area contributed by atoms with Gasteiger partial charge in [-0.1, -0.05) is 0 Å². The van der Waals surface area contributed by atoms with Crippen molar-refractivity contribution >= 4 is 22.6 Å². The molecule has 1 saturated carbocycles. The number of hydrogen-bond acceptors (Lipinski definition) is 4. The number of anilines is 1. The minimum Gasteiger partial charge on any atom is -0.477 e. The summed E-state index contributed by atoms with van der Waals surface area (Å²) >= 11 is 0. The number of aromatic nitrogens is 1. The van der Waals surface area contributed by atoms with Crippen molar-refractivity contribution in [3.63, 3.8) is 0 Å². The molecule has 2 aromatic carbocycles. The van der Waals surface area contributed by atoms with Crippen molar-refractivity contribution in [3.05, 3.63) is 69.8 Å². The molecule has 3 atom stereocenters. The van der Waals surface area contributed by atoms with Gasteiger partial charge in [0.05, 0.1) is 16.9 Å². The lowest BCUT2D eigenvalue weighted by atomic mass is 10.1. The Hall–Kier alpha value is -3.33. The predicted octanol–water partition coefficient (Wildman–Crippen LogP) is 2.50. The molecule has 0 radical (unpaired) electrons. The predicted molar refractivity (Wildman–Crippen MR) is 104 cm³/mol. The summed E-state index contributed by atoms with van der Waals surface area (Å²) in [5, 5.41) is 9.18. The van der Waals surface area contributed by atoms with E-state index in [1.807, 2.05) is 4.90 Å². The lowest BCUT2D eigenvalue weighted by molar-refractivity contribution is 0.0695. The van der Waals surface area contributed by atoms with Gasteiger partial charge in [-0.15, -0.1) is 0 Å². The number of carbonyl (C=O) groups is 1. The Kier molecular flexibility index (Phi) is 3.94. The van der Waals surface area contributed by atoms with E-state index >= 15 is 0 Å². The molecule has 5 rings (SSSR count). The molecule has 0 amide bonds.